The second kappa shape index (κ2) is 8.99. The Morgan fingerprint density at radius 3 is 2.66 bits per heavy atom. The highest BCUT2D eigenvalue weighted by atomic mass is 19.1. The van der Waals surface area contributed by atoms with Gasteiger partial charge in [0, 0.05) is 51.5 Å². The van der Waals surface area contributed by atoms with E-state index in [1.165, 1.54) is 19.4 Å². The van der Waals surface area contributed by atoms with Crippen LogP contribution in [0.1, 0.15) is 29.5 Å². The first-order chi connectivity index (χ1) is 15.4. The molecular weight excluding hydrogens is 424 g/mol. The molecule has 32 heavy (non-hydrogen) atoms. The predicted molar refractivity (Wildman–Crippen MR) is 110 cm³/mol. The molecule has 4 rings (SSSR count). The normalized spacial score (nSPS) is 18.6. The van der Waals surface area contributed by atoms with Crippen molar-refractivity contribution in [1.82, 2.24) is 25.2 Å². The highest BCUT2D eigenvalue weighted by Crippen LogP contribution is 2.32. The molecule has 10 nitrogen and oxygen atoms in total. The molecule has 2 aromatic heterocycles. The second-order valence-corrected chi connectivity index (χ2v) is 7.49. The van der Waals surface area contributed by atoms with Crippen LogP contribution in [0.4, 0.5) is 20.2 Å². The van der Waals surface area contributed by atoms with Crippen LogP contribution < -0.4 is 20.3 Å². The minimum atomic E-state index is -0.766. The molecule has 1 fully saturated rings. The number of carbonyl (C=O) groups excluding carboxylic acids is 2. The Balaban J connectivity index is 1.40. The van der Waals surface area contributed by atoms with Crippen LogP contribution in [0.15, 0.2) is 12.4 Å². The quantitative estimate of drug-likeness (QED) is 0.652. The third-order valence-electron chi connectivity index (χ3n) is 5.48. The summed E-state index contributed by atoms with van der Waals surface area (Å²) in [5, 5.41) is 4.90. The molecule has 0 spiro atoms. The smallest absolute Gasteiger partial charge is 0.288 e. The summed E-state index contributed by atoms with van der Waals surface area (Å²) in [6, 6.07) is 0. The van der Waals surface area contributed by atoms with E-state index in [-0.39, 0.29) is 29.6 Å². The summed E-state index contributed by atoms with van der Waals surface area (Å²) < 4.78 is 34.8. The van der Waals surface area contributed by atoms with Gasteiger partial charge in [-0.15, -0.1) is 0 Å². The van der Waals surface area contributed by atoms with Gasteiger partial charge in [0.1, 0.15) is 11.4 Å². The van der Waals surface area contributed by atoms with Crippen LogP contribution in [0.5, 0.6) is 5.88 Å². The fraction of sp³-hybridized carbons (Fsp3) is 0.450. The summed E-state index contributed by atoms with van der Waals surface area (Å²) in [5.41, 5.74) is 0.510. The summed E-state index contributed by atoms with van der Waals surface area (Å²) in [6.07, 6.45) is 2.49. The fourth-order valence-corrected chi connectivity index (χ4v) is 3.66. The average Bonchev–Trinajstić information content (AvgIpc) is 2.81. The maximum atomic E-state index is 15.0. The molecule has 2 aliphatic rings. The number of pyridine rings is 1. The SMILES string of the molecule is CC[C@H]1Oc2ncc(CN3CCN(c4cnc(C(=O)NC)nc4F)CC3)c(F)c2NC1=O. The standard InChI is InChI=1S/C20H23F2N7O3/c1-3-13-18(30)26-15-14(21)11(8-25-20(15)32-13)10-28-4-6-29(7-5-28)12-9-24-17(19(31)23-2)27-16(12)22/h8-9,13H,3-7,10H2,1-2H3,(H,23,31)(H,26,30)/t13-/m1/s1. The van der Waals surface area contributed by atoms with Gasteiger partial charge in [0.15, 0.2) is 11.9 Å². The number of anilines is 2. The Morgan fingerprint density at radius 2 is 2.00 bits per heavy atom. The Hall–Kier alpha value is -3.41. The van der Waals surface area contributed by atoms with E-state index in [9.17, 15) is 18.4 Å². The molecule has 12 heteroatoms. The van der Waals surface area contributed by atoms with Gasteiger partial charge in [-0.2, -0.15) is 9.37 Å². The van der Waals surface area contributed by atoms with Gasteiger partial charge in [0.25, 0.3) is 11.8 Å². The van der Waals surface area contributed by atoms with Crippen molar-refractivity contribution in [2.45, 2.75) is 26.0 Å². The number of fused-ring (bicyclic) bond motifs is 1. The van der Waals surface area contributed by atoms with Crippen molar-refractivity contribution in [3.63, 3.8) is 0 Å². The molecule has 2 amide bonds. The van der Waals surface area contributed by atoms with E-state index in [4.69, 9.17) is 4.74 Å². The third kappa shape index (κ3) is 4.17. The number of piperazine rings is 1. The van der Waals surface area contributed by atoms with Gasteiger partial charge in [-0.3, -0.25) is 14.5 Å². The summed E-state index contributed by atoms with van der Waals surface area (Å²) in [6.45, 7) is 4.09. The molecular formula is C20H23F2N7O3. The van der Waals surface area contributed by atoms with Crippen molar-refractivity contribution in [2.75, 3.05) is 43.4 Å². The summed E-state index contributed by atoms with van der Waals surface area (Å²) in [5.74, 6) is -2.43. The van der Waals surface area contributed by atoms with Crippen molar-refractivity contribution in [2.24, 2.45) is 0 Å². The molecule has 2 aliphatic heterocycles. The van der Waals surface area contributed by atoms with Crippen LogP contribution in [-0.4, -0.2) is 71.0 Å². The van der Waals surface area contributed by atoms with Crippen LogP contribution in [0.3, 0.4) is 0 Å². The molecule has 1 atom stereocenters. The minimum absolute atomic E-state index is 0.0359. The molecule has 2 N–H and O–H groups in total. The minimum Gasteiger partial charge on any atom is -0.463 e. The first-order valence-corrected chi connectivity index (χ1v) is 10.3. The predicted octanol–water partition coefficient (Wildman–Crippen LogP) is 0.941. The lowest BCUT2D eigenvalue weighted by atomic mass is 10.1. The largest absolute Gasteiger partial charge is 0.463 e. The Bertz CT molecular complexity index is 1040. The molecule has 2 aromatic rings. The van der Waals surface area contributed by atoms with Crippen molar-refractivity contribution in [3.8, 4) is 5.88 Å². The second-order valence-electron chi connectivity index (χ2n) is 7.49. The van der Waals surface area contributed by atoms with Crippen LogP contribution >= 0.6 is 0 Å². The van der Waals surface area contributed by atoms with Gasteiger partial charge in [0.05, 0.1) is 6.20 Å². The molecule has 0 aromatic carbocycles. The number of hydrogen-bond acceptors (Lipinski definition) is 8. The lowest BCUT2D eigenvalue weighted by Gasteiger charge is -2.36. The first-order valence-electron chi connectivity index (χ1n) is 10.3. The lowest BCUT2D eigenvalue weighted by molar-refractivity contribution is -0.123. The highest BCUT2D eigenvalue weighted by molar-refractivity contribution is 5.97. The van der Waals surface area contributed by atoms with E-state index in [2.05, 4.69) is 25.6 Å². The van der Waals surface area contributed by atoms with Crippen molar-refractivity contribution < 1.29 is 23.1 Å². The zero-order chi connectivity index (χ0) is 22.8. The molecule has 0 saturated carbocycles. The van der Waals surface area contributed by atoms with Crippen LogP contribution in [0.2, 0.25) is 0 Å². The maximum absolute atomic E-state index is 15.0. The van der Waals surface area contributed by atoms with Gasteiger partial charge in [-0.25, -0.2) is 14.4 Å². The molecule has 0 unspecified atom stereocenters. The third-order valence-corrected chi connectivity index (χ3v) is 5.48. The van der Waals surface area contributed by atoms with Gasteiger partial charge in [0.2, 0.25) is 17.7 Å². The maximum Gasteiger partial charge on any atom is 0.288 e. The highest BCUT2D eigenvalue weighted by Gasteiger charge is 2.31. The Morgan fingerprint density at radius 1 is 1.25 bits per heavy atom. The van der Waals surface area contributed by atoms with E-state index in [1.807, 2.05) is 4.90 Å². The van der Waals surface area contributed by atoms with Crippen molar-refractivity contribution >= 4 is 23.2 Å². The van der Waals surface area contributed by atoms with Gasteiger partial charge >= 0.3 is 0 Å². The van der Waals surface area contributed by atoms with Gasteiger partial charge in [-0.1, -0.05) is 6.92 Å². The molecule has 0 aliphatic carbocycles. The van der Waals surface area contributed by atoms with Gasteiger partial charge < -0.3 is 20.3 Å². The van der Waals surface area contributed by atoms with E-state index in [0.29, 0.717) is 38.2 Å². The number of hydrogen-bond donors (Lipinski definition) is 2. The monoisotopic (exact) mass is 447 g/mol. The number of halogens is 2. The summed E-state index contributed by atoms with van der Waals surface area (Å²) in [7, 11) is 1.42. The molecule has 0 radical (unpaired) electrons. The van der Waals surface area contributed by atoms with E-state index < -0.39 is 29.7 Å². The zero-order valence-electron chi connectivity index (χ0n) is 17.7. The topological polar surface area (TPSA) is 113 Å². The number of amides is 2. The van der Waals surface area contributed by atoms with Crippen LogP contribution in [0, 0.1) is 11.8 Å². The molecule has 170 valence electrons. The van der Waals surface area contributed by atoms with Crippen LogP contribution in [-0.2, 0) is 11.3 Å². The number of aromatic nitrogens is 3. The Labute approximate surface area is 183 Å². The van der Waals surface area contributed by atoms with Crippen LogP contribution in [0.25, 0.3) is 0 Å². The van der Waals surface area contributed by atoms with Gasteiger partial charge in [-0.05, 0) is 6.42 Å². The van der Waals surface area contributed by atoms with E-state index in [0.717, 1.165) is 0 Å². The first kappa shape index (κ1) is 21.8. The zero-order valence-corrected chi connectivity index (χ0v) is 17.7. The lowest BCUT2D eigenvalue weighted by Crippen LogP contribution is -2.46. The number of nitrogens with zero attached hydrogens (tertiary/aromatic N) is 5. The molecule has 4 heterocycles. The number of ether oxygens (including phenoxy) is 1. The Kier molecular flexibility index (Phi) is 6.12. The fourth-order valence-electron chi connectivity index (χ4n) is 3.66. The number of nitrogens with one attached hydrogen (secondary N) is 2. The van der Waals surface area contributed by atoms with Crippen molar-refractivity contribution in [1.29, 1.82) is 0 Å². The average molecular weight is 447 g/mol. The number of carbonyl (C=O) groups is 2. The number of rotatable bonds is 5. The summed E-state index contributed by atoms with van der Waals surface area (Å²) in [4.78, 5) is 39.0. The van der Waals surface area contributed by atoms with E-state index in [1.54, 1.807) is 11.8 Å². The molecule has 0 bridgehead atoms. The molecule has 1 saturated heterocycles. The van der Waals surface area contributed by atoms with E-state index >= 15 is 0 Å². The summed E-state index contributed by atoms with van der Waals surface area (Å²) >= 11 is 0. The van der Waals surface area contributed by atoms with Crippen molar-refractivity contribution in [3.05, 3.63) is 35.5 Å².